The minimum atomic E-state index is -1.16. The first-order chi connectivity index (χ1) is 7.70. The van der Waals surface area contributed by atoms with Gasteiger partial charge in [0, 0.05) is 29.8 Å². The van der Waals surface area contributed by atoms with Gasteiger partial charge in [0.1, 0.15) is 5.82 Å². The smallest absolute Gasteiger partial charge is 0.305 e. The molecule has 6 heteroatoms. The summed E-state index contributed by atoms with van der Waals surface area (Å²) in [7, 11) is 0. The Hall–Kier alpha value is -1.56. The van der Waals surface area contributed by atoms with E-state index in [1.54, 1.807) is 0 Å². The second kappa shape index (κ2) is 4.75. The molecule has 0 aliphatic carbocycles. The standard InChI is InChI=1S/C11H14F2N2O2/c1-11(2,3)14-6-7-4-10(15(16)17)9(13)5-8(7)12/h4-5,14H,6H2,1-3H3. The highest BCUT2D eigenvalue weighted by Crippen LogP contribution is 2.21. The number of rotatable bonds is 3. The van der Waals surface area contributed by atoms with Crippen molar-refractivity contribution in [2.24, 2.45) is 0 Å². The van der Waals surface area contributed by atoms with Gasteiger partial charge in [0.2, 0.25) is 5.82 Å². The van der Waals surface area contributed by atoms with E-state index in [-0.39, 0.29) is 17.6 Å². The van der Waals surface area contributed by atoms with Crippen LogP contribution in [0.4, 0.5) is 14.5 Å². The van der Waals surface area contributed by atoms with E-state index in [1.165, 1.54) is 0 Å². The second-order valence-corrected chi connectivity index (χ2v) is 4.76. The largest absolute Gasteiger partial charge is 0.308 e. The zero-order chi connectivity index (χ0) is 13.2. The van der Waals surface area contributed by atoms with E-state index >= 15 is 0 Å². The highest BCUT2D eigenvalue weighted by Gasteiger charge is 2.19. The van der Waals surface area contributed by atoms with Crippen molar-refractivity contribution in [2.75, 3.05) is 0 Å². The summed E-state index contributed by atoms with van der Waals surface area (Å²) in [6.45, 7) is 5.74. The van der Waals surface area contributed by atoms with Crippen LogP contribution in [-0.2, 0) is 6.54 Å². The van der Waals surface area contributed by atoms with Gasteiger partial charge in [-0.1, -0.05) is 0 Å². The Bertz CT molecular complexity index is 442. The second-order valence-electron chi connectivity index (χ2n) is 4.76. The van der Waals surface area contributed by atoms with Crippen LogP contribution >= 0.6 is 0 Å². The molecule has 1 aromatic rings. The van der Waals surface area contributed by atoms with Gasteiger partial charge in [-0.3, -0.25) is 10.1 Å². The summed E-state index contributed by atoms with van der Waals surface area (Å²) in [5.41, 5.74) is -0.888. The Labute approximate surface area is 97.8 Å². The third-order valence-corrected chi connectivity index (χ3v) is 2.12. The number of halogens is 2. The van der Waals surface area contributed by atoms with Gasteiger partial charge in [-0.2, -0.15) is 4.39 Å². The molecule has 0 spiro atoms. The minimum Gasteiger partial charge on any atom is -0.308 e. The first kappa shape index (κ1) is 13.5. The Morgan fingerprint density at radius 3 is 2.35 bits per heavy atom. The fourth-order valence-corrected chi connectivity index (χ4v) is 1.22. The Kier molecular flexibility index (Phi) is 3.77. The first-order valence-electron chi connectivity index (χ1n) is 5.08. The summed E-state index contributed by atoms with van der Waals surface area (Å²) in [4.78, 5) is 9.64. The maximum absolute atomic E-state index is 13.4. The molecule has 0 bridgehead atoms. The Balaban J connectivity index is 3.00. The fraction of sp³-hybridized carbons (Fsp3) is 0.455. The molecule has 94 valence electrons. The van der Waals surface area contributed by atoms with Crippen LogP contribution in [0.2, 0.25) is 0 Å². The van der Waals surface area contributed by atoms with Crippen molar-refractivity contribution in [2.45, 2.75) is 32.9 Å². The number of nitrogens with zero attached hydrogens (tertiary/aromatic N) is 1. The van der Waals surface area contributed by atoms with Gasteiger partial charge in [0.15, 0.2) is 0 Å². The molecule has 0 unspecified atom stereocenters. The molecule has 1 rings (SSSR count). The van der Waals surface area contributed by atoms with Crippen molar-refractivity contribution in [3.05, 3.63) is 39.4 Å². The third kappa shape index (κ3) is 3.74. The summed E-state index contributed by atoms with van der Waals surface area (Å²) in [5, 5.41) is 13.5. The van der Waals surface area contributed by atoms with E-state index in [0.29, 0.717) is 6.07 Å². The molecule has 0 aliphatic rings. The first-order valence-corrected chi connectivity index (χ1v) is 5.08. The zero-order valence-electron chi connectivity index (χ0n) is 9.88. The van der Waals surface area contributed by atoms with E-state index in [1.807, 2.05) is 20.8 Å². The molecule has 0 aliphatic heterocycles. The number of benzene rings is 1. The van der Waals surface area contributed by atoms with Gasteiger partial charge in [0.05, 0.1) is 4.92 Å². The highest BCUT2D eigenvalue weighted by atomic mass is 19.1. The van der Waals surface area contributed by atoms with E-state index in [2.05, 4.69) is 5.32 Å². The SMILES string of the molecule is CC(C)(C)NCc1cc([N+](=O)[O-])c(F)cc1F. The van der Waals surface area contributed by atoms with Crippen molar-refractivity contribution in [3.63, 3.8) is 0 Å². The molecule has 0 atom stereocenters. The molecule has 4 nitrogen and oxygen atoms in total. The van der Waals surface area contributed by atoms with Crippen molar-refractivity contribution in [1.82, 2.24) is 5.32 Å². The lowest BCUT2D eigenvalue weighted by Crippen LogP contribution is -2.35. The molecular weight excluding hydrogens is 230 g/mol. The van der Waals surface area contributed by atoms with E-state index in [9.17, 15) is 18.9 Å². The normalized spacial score (nSPS) is 11.6. The molecule has 0 amide bonds. The van der Waals surface area contributed by atoms with Crippen molar-refractivity contribution >= 4 is 5.69 Å². The van der Waals surface area contributed by atoms with Crippen molar-refractivity contribution < 1.29 is 13.7 Å². The number of hydrogen-bond donors (Lipinski definition) is 1. The van der Waals surface area contributed by atoms with Gasteiger partial charge in [-0.05, 0) is 20.8 Å². The number of nitro benzene ring substituents is 1. The van der Waals surface area contributed by atoms with Crippen LogP contribution in [0.5, 0.6) is 0 Å². The summed E-state index contributed by atoms with van der Waals surface area (Å²) in [5.74, 6) is -1.95. The number of hydrogen-bond acceptors (Lipinski definition) is 3. The topological polar surface area (TPSA) is 55.2 Å². The van der Waals surface area contributed by atoms with Crippen LogP contribution in [0.25, 0.3) is 0 Å². The average molecular weight is 244 g/mol. The molecule has 0 aromatic heterocycles. The van der Waals surface area contributed by atoms with Gasteiger partial charge in [-0.25, -0.2) is 4.39 Å². The quantitative estimate of drug-likeness (QED) is 0.657. The van der Waals surface area contributed by atoms with Crippen molar-refractivity contribution in [1.29, 1.82) is 0 Å². The lowest BCUT2D eigenvalue weighted by molar-refractivity contribution is -0.387. The maximum atomic E-state index is 13.4. The lowest BCUT2D eigenvalue weighted by Gasteiger charge is -2.20. The van der Waals surface area contributed by atoms with E-state index in [0.717, 1.165) is 6.07 Å². The minimum absolute atomic E-state index is 0.0769. The fourth-order valence-electron chi connectivity index (χ4n) is 1.22. The summed E-state index contributed by atoms with van der Waals surface area (Å²) in [6, 6.07) is 1.46. The van der Waals surface area contributed by atoms with Crippen molar-refractivity contribution in [3.8, 4) is 0 Å². The molecule has 0 heterocycles. The zero-order valence-corrected chi connectivity index (χ0v) is 9.88. The van der Waals surface area contributed by atoms with Crippen LogP contribution in [0.15, 0.2) is 12.1 Å². The van der Waals surface area contributed by atoms with Gasteiger partial charge in [-0.15, -0.1) is 0 Å². The summed E-state index contributed by atoms with van der Waals surface area (Å²) in [6.07, 6.45) is 0. The molecule has 17 heavy (non-hydrogen) atoms. The predicted molar refractivity (Wildman–Crippen MR) is 59.6 cm³/mol. The molecule has 0 fully saturated rings. The molecule has 1 N–H and O–H groups in total. The monoisotopic (exact) mass is 244 g/mol. The predicted octanol–water partition coefficient (Wildman–Crippen LogP) is 2.76. The van der Waals surface area contributed by atoms with Gasteiger partial charge in [0.25, 0.3) is 0 Å². The third-order valence-electron chi connectivity index (χ3n) is 2.12. The van der Waals surface area contributed by atoms with E-state index < -0.39 is 22.2 Å². The van der Waals surface area contributed by atoms with Crippen LogP contribution in [0.1, 0.15) is 26.3 Å². The van der Waals surface area contributed by atoms with Crippen LogP contribution in [0, 0.1) is 21.7 Å². The highest BCUT2D eigenvalue weighted by molar-refractivity contribution is 5.37. The van der Waals surface area contributed by atoms with Crippen LogP contribution < -0.4 is 5.32 Å². The van der Waals surface area contributed by atoms with Gasteiger partial charge < -0.3 is 5.32 Å². The molecule has 1 aromatic carbocycles. The number of nitrogens with one attached hydrogen (secondary N) is 1. The lowest BCUT2D eigenvalue weighted by atomic mass is 10.1. The Morgan fingerprint density at radius 1 is 1.29 bits per heavy atom. The van der Waals surface area contributed by atoms with Crippen LogP contribution in [-0.4, -0.2) is 10.5 Å². The van der Waals surface area contributed by atoms with Crippen LogP contribution in [0.3, 0.4) is 0 Å². The number of nitro groups is 1. The summed E-state index contributed by atoms with van der Waals surface area (Å²) >= 11 is 0. The average Bonchev–Trinajstić information content (AvgIpc) is 2.14. The molecule has 0 saturated heterocycles. The maximum Gasteiger partial charge on any atom is 0.305 e. The van der Waals surface area contributed by atoms with Gasteiger partial charge >= 0.3 is 5.69 Å². The molecule has 0 radical (unpaired) electrons. The van der Waals surface area contributed by atoms with E-state index in [4.69, 9.17) is 0 Å². The molecule has 0 saturated carbocycles. The summed E-state index contributed by atoms with van der Waals surface area (Å²) < 4.78 is 26.4. The Morgan fingerprint density at radius 2 is 1.88 bits per heavy atom. The molecular formula is C11H14F2N2O2.